The molecular formula is C18H14ClN3O3. The van der Waals surface area contributed by atoms with E-state index in [2.05, 4.69) is 15.3 Å². The molecule has 0 aliphatic carbocycles. The number of nitrogens with zero attached hydrogens (tertiary/aromatic N) is 1. The zero-order valence-electron chi connectivity index (χ0n) is 13.2. The number of methoxy groups -OCH3 is 1. The largest absolute Gasteiger partial charge is 0.495 e. The van der Waals surface area contributed by atoms with Crippen LogP contribution in [0.25, 0.3) is 11.4 Å². The molecule has 2 N–H and O–H groups in total. The lowest BCUT2D eigenvalue weighted by Gasteiger charge is -2.09. The van der Waals surface area contributed by atoms with E-state index in [0.717, 1.165) is 0 Å². The van der Waals surface area contributed by atoms with E-state index in [-0.39, 0.29) is 5.56 Å². The number of H-pyrrole nitrogens is 1. The summed E-state index contributed by atoms with van der Waals surface area (Å²) in [5.74, 6) is 0.287. The van der Waals surface area contributed by atoms with Gasteiger partial charge in [-0.3, -0.25) is 9.59 Å². The molecule has 6 nitrogen and oxygen atoms in total. The highest BCUT2D eigenvalue weighted by Gasteiger charge is 2.14. The lowest BCUT2D eigenvalue weighted by Crippen LogP contribution is -2.24. The van der Waals surface area contributed by atoms with Crippen molar-refractivity contribution in [1.82, 2.24) is 9.97 Å². The molecule has 0 aliphatic heterocycles. The second-order valence-corrected chi connectivity index (χ2v) is 5.57. The standard InChI is InChI=1S/C18H14ClN3O3/c1-25-15-5-3-2-4-14(15)21-17(23)13-10-20-16(22-18(13)24)11-6-8-12(19)9-7-11/h2-10H,1H3,(H,21,23)(H,20,22,24). The van der Waals surface area contributed by atoms with Crippen molar-refractivity contribution >= 4 is 23.2 Å². The Balaban J connectivity index is 1.87. The van der Waals surface area contributed by atoms with Gasteiger partial charge in [0.2, 0.25) is 0 Å². The number of nitrogens with one attached hydrogen (secondary N) is 2. The van der Waals surface area contributed by atoms with Crippen molar-refractivity contribution in [3.05, 3.63) is 75.7 Å². The molecule has 2 aromatic carbocycles. The molecule has 1 aromatic heterocycles. The van der Waals surface area contributed by atoms with E-state index in [0.29, 0.717) is 27.8 Å². The fraction of sp³-hybridized carbons (Fsp3) is 0.0556. The van der Waals surface area contributed by atoms with E-state index in [9.17, 15) is 9.59 Å². The highest BCUT2D eigenvalue weighted by molar-refractivity contribution is 6.30. The van der Waals surface area contributed by atoms with Crippen molar-refractivity contribution in [3.8, 4) is 17.1 Å². The monoisotopic (exact) mass is 355 g/mol. The molecule has 1 amide bonds. The van der Waals surface area contributed by atoms with Crippen LogP contribution < -0.4 is 15.6 Å². The number of anilines is 1. The van der Waals surface area contributed by atoms with Gasteiger partial charge in [-0.1, -0.05) is 23.7 Å². The van der Waals surface area contributed by atoms with Gasteiger partial charge in [-0.2, -0.15) is 0 Å². The van der Waals surface area contributed by atoms with Crippen LogP contribution >= 0.6 is 11.6 Å². The molecule has 3 aromatic rings. The molecule has 0 bridgehead atoms. The molecule has 0 spiro atoms. The fourth-order valence-corrected chi connectivity index (χ4v) is 2.37. The molecule has 0 saturated heterocycles. The summed E-state index contributed by atoms with van der Waals surface area (Å²) in [6.07, 6.45) is 1.24. The zero-order chi connectivity index (χ0) is 17.8. The minimum Gasteiger partial charge on any atom is -0.495 e. The first-order valence-electron chi connectivity index (χ1n) is 7.38. The van der Waals surface area contributed by atoms with Crippen molar-refractivity contribution in [2.24, 2.45) is 0 Å². The molecular weight excluding hydrogens is 342 g/mol. The number of hydrogen-bond donors (Lipinski definition) is 2. The summed E-state index contributed by atoms with van der Waals surface area (Å²) in [6, 6.07) is 13.8. The third-order valence-electron chi connectivity index (χ3n) is 3.52. The minimum atomic E-state index is -0.569. The number of para-hydroxylation sites is 2. The Hall–Kier alpha value is -3.12. The van der Waals surface area contributed by atoms with E-state index < -0.39 is 11.5 Å². The van der Waals surface area contributed by atoms with Gasteiger partial charge in [0.25, 0.3) is 11.5 Å². The van der Waals surface area contributed by atoms with Crippen LogP contribution in [0, 0.1) is 0 Å². The molecule has 0 saturated carbocycles. The second kappa shape index (κ2) is 7.19. The van der Waals surface area contributed by atoms with E-state index in [1.54, 1.807) is 48.5 Å². The lowest BCUT2D eigenvalue weighted by atomic mass is 10.2. The summed E-state index contributed by atoms with van der Waals surface area (Å²) in [5, 5.41) is 3.23. The topological polar surface area (TPSA) is 84.1 Å². The third kappa shape index (κ3) is 3.70. The highest BCUT2D eigenvalue weighted by Crippen LogP contribution is 2.23. The van der Waals surface area contributed by atoms with E-state index in [1.807, 2.05) is 0 Å². The van der Waals surface area contributed by atoms with Gasteiger partial charge in [-0.25, -0.2) is 4.98 Å². The smallest absolute Gasteiger partial charge is 0.264 e. The number of ether oxygens (including phenoxy) is 1. The summed E-state index contributed by atoms with van der Waals surface area (Å²) in [5.41, 5.74) is 0.533. The average molecular weight is 356 g/mol. The predicted octanol–water partition coefficient (Wildman–Crippen LogP) is 3.35. The van der Waals surface area contributed by atoms with Gasteiger partial charge < -0.3 is 15.0 Å². The molecule has 0 radical (unpaired) electrons. The summed E-state index contributed by atoms with van der Waals surface area (Å²) in [7, 11) is 1.50. The summed E-state index contributed by atoms with van der Waals surface area (Å²) >= 11 is 5.84. The van der Waals surface area contributed by atoms with Crippen LogP contribution in [0.15, 0.2) is 59.5 Å². The van der Waals surface area contributed by atoms with Crippen molar-refractivity contribution in [3.63, 3.8) is 0 Å². The van der Waals surface area contributed by atoms with Gasteiger partial charge in [0.15, 0.2) is 0 Å². The number of aromatic nitrogens is 2. The third-order valence-corrected chi connectivity index (χ3v) is 3.77. The molecule has 0 fully saturated rings. The van der Waals surface area contributed by atoms with Crippen LogP contribution in [-0.2, 0) is 0 Å². The fourth-order valence-electron chi connectivity index (χ4n) is 2.25. The SMILES string of the molecule is COc1ccccc1NC(=O)c1cnc(-c2ccc(Cl)cc2)[nH]c1=O. The van der Waals surface area contributed by atoms with Crippen LogP contribution in [0.5, 0.6) is 5.75 Å². The van der Waals surface area contributed by atoms with Gasteiger partial charge in [0.05, 0.1) is 12.8 Å². The van der Waals surface area contributed by atoms with Crippen molar-refractivity contribution < 1.29 is 9.53 Å². The maximum atomic E-state index is 12.4. The first-order chi connectivity index (χ1) is 12.1. The Morgan fingerprint density at radius 2 is 1.88 bits per heavy atom. The van der Waals surface area contributed by atoms with Crippen LogP contribution in [0.1, 0.15) is 10.4 Å². The van der Waals surface area contributed by atoms with Gasteiger partial charge in [-0.05, 0) is 36.4 Å². The van der Waals surface area contributed by atoms with E-state index in [4.69, 9.17) is 16.3 Å². The first kappa shape index (κ1) is 16.7. The number of halogens is 1. The highest BCUT2D eigenvalue weighted by atomic mass is 35.5. The predicted molar refractivity (Wildman–Crippen MR) is 96.3 cm³/mol. The van der Waals surface area contributed by atoms with Gasteiger partial charge in [-0.15, -0.1) is 0 Å². The molecule has 0 aliphatic rings. The molecule has 25 heavy (non-hydrogen) atoms. The van der Waals surface area contributed by atoms with Crippen LogP contribution in [0.2, 0.25) is 5.02 Å². The summed E-state index contributed by atoms with van der Waals surface area (Å²) < 4.78 is 5.17. The zero-order valence-corrected chi connectivity index (χ0v) is 14.0. The normalized spacial score (nSPS) is 10.3. The summed E-state index contributed by atoms with van der Waals surface area (Å²) in [6.45, 7) is 0. The number of hydrogen-bond acceptors (Lipinski definition) is 4. The molecule has 7 heteroatoms. The Bertz CT molecular complexity index is 968. The van der Waals surface area contributed by atoms with Crippen molar-refractivity contribution in [2.75, 3.05) is 12.4 Å². The number of carbonyl (C=O) groups is 1. The van der Waals surface area contributed by atoms with Gasteiger partial charge >= 0.3 is 0 Å². The van der Waals surface area contributed by atoms with Crippen LogP contribution in [0.4, 0.5) is 5.69 Å². The molecule has 126 valence electrons. The molecule has 0 unspecified atom stereocenters. The maximum Gasteiger partial charge on any atom is 0.264 e. The maximum absolute atomic E-state index is 12.4. The lowest BCUT2D eigenvalue weighted by molar-refractivity contribution is 0.102. The number of carbonyl (C=O) groups excluding carboxylic acids is 1. The van der Waals surface area contributed by atoms with E-state index >= 15 is 0 Å². The second-order valence-electron chi connectivity index (χ2n) is 5.14. The van der Waals surface area contributed by atoms with Gasteiger partial charge in [0, 0.05) is 16.8 Å². The van der Waals surface area contributed by atoms with Crippen LogP contribution in [-0.4, -0.2) is 23.0 Å². The quantitative estimate of drug-likeness (QED) is 0.751. The molecule has 3 rings (SSSR count). The van der Waals surface area contributed by atoms with Crippen molar-refractivity contribution in [2.45, 2.75) is 0 Å². The Morgan fingerprint density at radius 1 is 1.16 bits per heavy atom. The molecule has 1 heterocycles. The summed E-state index contributed by atoms with van der Waals surface area (Å²) in [4.78, 5) is 31.4. The Kier molecular flexibility index (Phi) is 4.81. The average Bonchev–Trinajstić information content (AvgIpc) is 2.62. The van der Waals surface area contributed by atoms with Crippen LogP contribution in [0.3, 0.4) is 0 Å². The van der Waals surface area contributed by atoms with Crippen molar-refractivity contribution in [1.29, 1.82) is 0 Å². The minimum absolute atomic E-state index is 0.0939. The number of aromatic amines is 1. The number of rotatable bonds is 4. The molecule has 0 atom stereocenters. The van der Waals surface area contributed by atoms with Gasteiger partial charge in [0.1, 0.15) is 17.1 Å². The number of benzene rings is 2. The number of amides is 1. The Labute approximate surface area is 148 Å². The first-order valence-corrected chi connectivity index (χ1v) is 7.76. The van der Waals surface area contributed by atoms with E-state index in [1.165, 1.54) is 13.3 Å². The Morgan fingerprint density at radius 3 is 2.56 bits per heavy atom.